The van der Waals surface area contributed by atoms with Gasteiger partial charge in [0.15, 0.2) is 0 Å². The van der Waals surface area contributed by atoms with Crippen molar-refractivity contribution in [3.05, 3.63) is 0 Å². The Bertz CT molecular complexity index is 278. The van der Waals surface area contributed by atoms with E-state index in [2.05, 4.69) is 5.32 Å². The number of aliphatic hydroxyl groups excluding tert-OH is 1. The quantitative estimate of drug-likeness (QED) is 0.682. The highest BCUT2D eigenvalue weighted by Gasteiger charge is 2.32. The van der Waals surface area contributed by atoms with Gasteiger partial charge in [-0.15, -0.1) is 0 Å². The molecule has 1 rings (SSSR count). The Labute approximate surface area is 91.5 Å². The Morgan fingerprint density at radius 1 is 1.47 bits per heavy atom. The fourth-order valence-corrected chi connectivity index (χ4v) is 3.56. The SMILES string of the molecule is CC(CO)N(C)S(=O)(=O)C1CCNCC1. The maximum atomic E-state index is 12.1. The van der Waals surface area contributed by atoms with Gasteiger partial charge < -0.3 is 10.4 Å². The Morgan fingerprint density at radius 2 is 2.00 bits per heavy atom. The number of aliphatic hydroxyl groups is 1. The average Bonchev–Trinajstić information content (AvgIpc) is 2.28. The van der Waals surface area contributed by atoms with Gasteiger partial charge >= 0.3 is 0 Å². The van der Waals surface area contributed by atoms with Crippen LogP contribution in [0.15, 0.2) is 0 Å². The highest BCUT2D eigenvalue weighted by molar-refractivity contribution is 7.89. The van der Waals surface area contributed by atoms with E-state index in [1.807, 2.05) is 0 Å². The van der Waals surface area contributed by atoms with E-state index in [0.29, 0.717) is 12.8 Å². The van der Waals surface area contributed by atoms with Gasteiger partial charge in [-0.25, -0.2) is 8.42 Å². The molecule has 0 aromatic rings. The Hall–Kier alpha value is -0.170. The standard InChI is InChI=1S/C9H20N2O3S/c1-8(7-12)11(2)15(13,14)9-3-5-10-6-4-9/h8-10,12H,3-7H2,1-2H3. The molecule has 0 bridgehead atoms. The molecule has 15 heavy (non-hydrogen) atoms. The summed E-state index contributed by atoms with van der Waals surface area (Å²) in [4.78, 5) is 0. The Kier molecular flexibility index (Phi) is 4.51. The lowest BCUT2D eigenvalue weighted by molar-refractivity contribution is 0.212. The van der Waals surface area contributed by atoms with Crippen molar-refractivity contribution in [3.8, 4) is 0 Å². The molecule has 0 aliphatic carbocycles. The minimum Gasteiger partial charge on any atom is -0.395 e. The van der Waals surface area contributed by atoms with Crippen molar-refractivity contribution >= 4 is 10.0 Å². The van der Waals surface area contributed by atoms with E-state index < -0.39 is 10.0 Å². The Balaban J connectivity index is 2.72. The van der Waals surface area contributed by atoms with Crippen molar-refractivity contribution in [1.29, 1.82) is 0 Å². The second-order valence-corrected chi connectivity index (χ2v) is 6.31. The second-order valence-electron chi connectivity index (χ2n) is 4.04. The maximum Gasteiger partial charge on any atom is 0.217 e. The molecule has 6 heteroatoms. The molecule has 1 heterocycles. The molecule has 1 fully saturated rings. The van der Waals surface area contributed by atoms with Gasteiger partial charge in [-0.2, -0.15) is 4.31 Å². The summed E-state index contributed by atoms with van der Waals surface area (Å²) in [6, 6.07) is -0.343. The van der Waals surface area contributed by atoms with E-state index in [0.717, 1.165) is 13.1 Å². The molecule has 0 amide bonds. The molecule has 0 saturated carbocycles. The van der Waals surface area contributed by atoms with Crippen molar-refractivity contribution < 1.29 is 13.5 Å². The van der Waals surface area contributed by atoms with Crippen molar-refractivity contribution in [1.82, 2.24) is 9.62 Å². The number of piperidine rings is 1. The average molecular weight is 236 g/mol. The molecule has 0 aromatic carbocycles. The zero-order chi connectivity index (χ0) is 11.5. The number of nitrogens with zero attached hydrogens (tertiary/aromatic N) is 1. The first-order valence-corrected chi connectivity index (χ1v) is 6.79. The van der Waals surface area contributed by atoms with Crippen LogP contribution in [0.1, 0.15) is 19.8 Å². The predicted molar refractivity (Wildman–Crippen MR) is 59.1 cm³/mol. The lowest BCUT2D eigenvalue weighted by atomic mass is 10.2. The molecule has 0 spiro atoms. The fraction of sp³-hybridized carbons (Fsp3) is 1.00. The van der Waals surface area contributed by atoms with Crippen LogP contribution in [0.3, 0.4) is 0 Å². The maximum absolute atomic E-state index is 12.1. The van der Waals surface area contributed by atoms with E-state index in [-0.39, 0.29) is 17.9 Å². The van der Waals surface area contributed by atoms with Gasteiger partial charge in [0.2, 0.25) is 10.0 Å². The summed E-state index contributed by atoms with van der Waals surface area (Å²) in [5, 5.41) is 11.8. The molecule has 1 atom stereocenters. The lowest BCUT2D eigenvalue weighted by Gasteiger charge is -2.30. The van der Waals surface area contributed by atoms with Crippen LogP contribution in [0.4, 0.5) is 0 Å². The molecule has 90 valence electrons. The first-order valence-electron chi connectivity index (χ1n) is 5.28. The highest BCUT2D eigenvalue weighted by atomic mass is 32.2. The van der Waals surface area contributed by atoms with E-state index >= 15 is 0 Å². The molecular weight excluding hydrogens is 216 g/mol. The summed E-state index contributed by atoms with van der Waals surface area (Å²) < 4.78 is 25.4. The first-order chi connectivity index (χ1) is 7.00. The van der Waals surface area contributed by atoms with Crippen molar-refractivity contribution in [2.24, 2.45) is 0 Å². The van der Waals surface area contributed by atoms with Crippen LogP contribution in [-0.4, -0.2) is 55.9 Å². The minimum atomic E-state index is -3.24. The second kappa shape index (κ2) is 5.25. The molecule has 5 nitrogen and oxygen atoms in total. The van der Waals surface area contributed by atoms with E-state index in [4.69, 9.17) is 5.11 Å². The largest absolute Gasteiger partial charge is 0.395 e. The normalized spacial score (nSPS) is 21.9. The van der Waals surface area contributed by atoms with Crippen LogP contribution in [-0.2, 0) is 10.0 Å². The monoisotopic (exact) mass is 236 g/mol. The van der Waals surface area contributed by atoms with Gasteiger partial charge in [-0.1, -0.05) is 0 Å². The van der Waals surface area contributed by atoms with Crippen LogP contribution in [0.5, 0.6) is 0 Å². The van der Waals surface area contributed by atoms with E-state index in [1.165, 1.54) is 11.4 Å². The van der Waals surface area contributed by atoms with Gasteiger partial charge in [0, 0.05) is 13.1 Å². The number of hydrogen-bond acceptors (Lipinski definition) is 4. The zero-order valence-electron chi connectivity index (χ0n) is 9.31. The molecular formula is C9H20N2O3S. The molecule has 1 aliphatic heterocycles. The zero-order valence-corrected chi connectivity index (χ0v) is 10.1. The summed E-state index contributed by atoms with van der Waals surface area (Å²) in [5.41, 5.74) is 0. The molecule has 1 saturated heterocycles. The summed E-state index contributed by atoms with van der Waals surface area (Å²) in [6.07, 6.45) is 1.32. The first kappa shape index (κ1) is 12.9. The van der Waals surface area contributed by atoms with E-state index in [1.54, 1.807) is 6.92 Å². The minimum absolute atomic E-state index is 0.138. The van der Waals surface area contributed by atoms with Crippen LogP contribution in [0.25, 0.3) is 0 Å². The summed E-state index contributed by atoms with van der Waals surface area (Å²) in [6.45, 7) is 3.08. The van der Waals surface area contributed by atoms with Gasteiger partial charge in [-0.3, -0.25) is 0 Å². The van der Waals surface area contributed by atoms with Gasteiger partial charge in [0.25, 0.3) is 0 Å². The number of hydrogen-bond donors (Lipinski definition) is 2. The number of sulfonamides is 1. The molecule has 0 radical (unpaired) electrons. The lowest BCUT2D eigenvalue weighted by Crippen LogP contribution is -2.46. The summed E-state index contributed by atoms with van der Waals surface area (Å²) in [7, 11) is -1.70. The third kappa shape index (κ3) is 2.90. The number of rotatable bonds is 4. The summed E-state index contributed by atoms with van der Waals surface area (Å²) in [5.74, 6) is 0. The Morgan fingerprint density at radius 3 is 2.47 bits per heavy atom. The van der Waals surface area contributed by atoms with Crippen LogP contribution in [0, 0.1) is 0 Å². The fourth-order valence-electron chi connectivity index (χ4n) is 1.69. The van der Waals surface area contributed by atoms with Crippen molar-refractivity contribution in [2.75, 3.05) is 26.7 Å². The van der Waals surface area contributed by atoms with Crippen molar-refractivity contribution in [2.45, 2.75) is 31.1 Å². The van der Waals surface area contributed by atoms with Crippen LogP contribution in [0.2, 0.25) is 0 Å². The highest BCUT2D eigenvalue weighted by Crippen LogP contribution is 2.18. The van der Waals surface area contributed by atoms with Crippen LogP contribution < -0.4 is 5.32 Å². The van der Waals surface area contributed by atoms with Gasteiger partial charge in [0.05, 0.1) is 11.9 Å². The topological polar surface area (TPSA) is 69.6 Å². The molecule has 1 aliphatic rings. The third-order valence-electron chi connectivity index (χ3n) is 2.99. The van der Waals surface area contributed by atoms with Gasteiger partial charge in [0.1, 0.15) is 0 Å². The summed E-state index contributed by atoms with van der Waals surface area (Å²) >= 11 is 0. The number of likely N-dealkylation sites (N-methyl/N-ethyl adjacent to an activating group) is 1. The van der Waals surface area contributed by atoms with Crippen molar-refractivity contribution in [3.63, 3.8) is 0 Å². The number of nitrogens with one attached hydrogen (secondary N) is 1. The molecule has 0 aromatic heterocycles. The smallest absolute Gasteiger partial charge is 0.217 e. The van der Waals surface area contributed by atoms with E-state index in [9.17, 15) is 8.42 Å². The molecule has 2 N–H and O–H groups in total. The van der Waals surface area contributed by atoms with Crippen LogP contribution >= 0.6 is 0 Å². The predicted octanol–water partition coefficient (Wildman–Crippen LogP) is -0.619. The van der Waals surface area contributed by atoms with Gasteiger partial charge in [-0.05, 0) is 32.9 Å². The molecule has 1 unspecified atom stereocenters. The third-order valence-corrected chi connectivity index (χ3v) is 5.47.